The minimum absolute atomic E-state index is 0.286. The number of phenolic OH excluding ortho intramolecular Hbond substituents is 1. The van der Waals surface area contributed by atoms with Crippen molar-refractivity contribution in [1.29, 1.82) is 0 Å². The molecular formula is C16H17ClO. The number of benzene rings is 2. The van der Waals surface area contributed by atoms with E-state index in [4.69, 9.17) is 11.6 Å². The summed E-state index contributed by atoms with van der Waals surface area (Å²) in [5.41, 5.74) is 3.62. The smallest absolute Gasteiger partial charge is 0.115 e. The Labute approximate surface area is 113 Å². The van der Waals surface area contributed by atoms with E-state index in [1.54, 1.807) is 12.1 Å². The topological polar surface area (TPSA) is 20.2 Å². The molecule has 0 bridgehead atoms. The van der Waals surface area contributed by atoms with Crippen LogP contribution in [0.3, 0.4) is 0 Å². The first-order chi connectivity index (χ1) is 8.69. The van der Waals surface area contributed by atoms with Crippen LogP contribution in [0, 0.1) is 6.92 Å². The summed E-state index contributed by atoms with van der Waals surface area (Å²) in [7, 11) is 0. The molecule has 0 aliphatic carbocycles. The molecule has 0 aromatic heterocycles. The highest BCUT2D eigenvalue weighted by molar-refractivity contribution is 6.18. The van der Waals surface area contributed by atoms with E-state index in [2.05, 4.69) is 31.2 Å². The molecule has 94 valence electrons. The largest absolute Gasteiger partial charge is 0.508 e. The first kappa shape index (κ1) is 13.0. The van der Waals surface area contributed by atoms with Crippen LogP contribution in [0.25, 0.3) is 0 Å². The summed E-state index contributed by atoms with van der Waals surface area (Å²) in [4.78, 5) is 0. The van der Waals surface area contributed by atoms with E-state index in [9.17, 15) is 5.11 Å². The van der Waals surface area contributed by atoms with Crippen molar-refractivity contribution in [2.24, 2.45) is 0 Å². The highest BCUT2D eigenvalue weighted by Crippen LogP contribution is 2.24. The zero-order valence-corrected chi connectivity index (χ0v) is 11.2. The molecule has 2 heteroatoms. The maximum absolute atomic E-state index is 9.47. The Kier molecular flexibility index (Phi) is 4.27. The van der Waals surface area contributed by atoms with Gasteiger partial charge in [0.25, 0.3) is 0 Å². The van der Waals surface area contributed by atoms with Gasteiger partial charge in [-0.3, -0.25) is 0 Å². The van der Waals surface area contributed by atoms with Crippen LogP contribution in [0.1, 0.15) is 22.6 Å². The summed E-state index contributed by atoms with van der Waals surface area (Å²) in [5, 5.41) is 9.47. The molecule has 2 aromatic carbocycles. The fourth-order valence-electron chi connectivity index (χ4n) is 2.07. The third-order valence-electron chi connectivity index (χ3n) is 3.13. The molecule has 0 spiro atoms. The van der Waals surface area contributed by atoms with Gasteiger partial charge in [0.1, 0.15) is 5.75 Å². The molecule has 0 amide bonds. The van der Waals surface area contributed by atoms with Crippen molar-refractivity contribution in [3.8, 4) is 5.75 Å². The van der Waals surface area contributed by atoms with Gasteiger partial charge in [-0.2, -0.15) is 0 Å². The van der Waals surface area contributed by atoms with E-state index >= 15 is 0 Å². The van der Waals surface area contributed by atoms with Crippen molar-refractivity contribution in [3.05, 3.63) is 65.2 Å². The monoisotopic (exact) mass is 260 g/mol. The van der Waals surface area contributed by atoms with Crippen LogP contribution >= 0.6 is 11.6 Å². The summed E-state index contributed by atoms with van der Waals surface area (Å²) in [5.74, 6) is 1.18. The van der Waals surface area contributed by atoms with Gasteiger partial charge in [0.05, 0.1) is 0 Å². The molecule has 0 heterocycles. The predicted octanol–water partition coefficient (Wildman–Crippen LogP) is 4.27. The number of aromatic hydroxyl groups is 1. The van der Waals surface area contributed by atoms with E-state index in [1.807, 2.05) is 12.1 Å². The highest BCUT2D eigenvalue weighted by atomic mass is 35.5. The molecule has 0 saturated carbocycles. The summed E-state index contributed by atoms with van der Waals surface area (Å²) in [6, 6.07) is 15.8. The predicted molar refractivity (Wildman–Crippen MR) is 76.5 cm³/mol. The molecule has 1 nitrogen and oxygen atoms in total. The van der Waals surface area contributed by atoms with Gasteiger partial charge in [-0.15, -0.1) is 11.6 Å². The fraction of sp³-hybridized carbons (Fsp3) is 0.250. The number of hydrogen-bond acceptors (Lipinski definition) is 1. The lowest BCUT2D eigenvalue weighted by Crippen LogP contribution is -2.04. The molecule has 0 saturated heterocycles. The van der Waals surface area contributed by atoms with Gasteiger partial charge in [0.2, 0.25) is 0 Å². The SMILES string of the molecule is Cc1ccc(C(CCl)Cc2cccc(O)c2)cc1. The van der Waals surface area contributed by atoms with Crippen LogP contribution in [-0.2, 0) is 6.42 Å². The van der Waals surface area contributed by atoms with Crippen LogP contribution in [0.4, 0.5) is 0 Å². The molecule has 18 heavy (non-hydrogen) atoms. The molecule has 0 fully saturated rings. The van der Waals surface area contributed by atoms with E-state index in [0.717, 1.165) is 12.0 Å². The van der Waals surface area contributed by atoms with Gasteiger partial charge in [0.15, 0.2) is 0 Å². The molecule has 0 aliphatic heterocycles. The minimum Gasteiger partial charge on any atom is -0.508 e. The van der Waals surface area contributed by atoms with E-state index in [-0.39, 0.29) is 5.92 Å². The van der Waals surface area contributed by atoms with E-state index < -0.39 is 0 Å². The maximum Gasteiger partial charge on any atom is 0.115 e. The summed E-state index contributed by atoms with van der Waals surface area (Å²) in [6.45, 7) is 2.08. The molecular weight excluding hydrogens is 244 g/mol. The Hall–Kier alpha value is -1.47. The average molecular weight is 261 g/mol. The van der Waals surface area contributed by atoms with Crippen molar-refractivity contribution in [3.63, 3.8) is 0 Å². The van der Waals surface area contributed by atoms with Crippen LogP contribution < -0.4 is 0 Å². The molecule has 0 aliphatic rings. The standard InChI is InChI=1S/C16H17ClO/c1-12-5-7-14(8-6-12)15(11-17)9-13-3-2-4-16(18)10-13/h2-8,10,15,18H,9,11H2,1H3. The van der Waals surface area contributed by atoms with Crippen LogP contribution in [0.15, 0.2) is 48.5 Å². The Balaban J connectivity index is 2.17. The van der Waals surface area contributed by atoms with Gasteiger partial charge >= 0.3 is 0 Å². The first-order valence-electron chi connectivity index (χ1n) is 6.09. The van der Waals surface area contributed by atoms with Crippen molar-refractivity contribution in [2.75, 3.05) is 5.88 Å². The second kappa shape index (κ2) is 5.92. The second-order valence-corrected chi connectivity index (χ2v) is 4.94. The van der Waals surface area contributed by atoms with Crippen LogP contribution in [0.2, 0.25) is 0 Å². The second-order valence-electron chi connectivity index (χ2n) is 4.64. The molecule has 2 rings (SSSR count). The van der Waals surface area contributed by atoms with Crippen LogP contribution in [0.5, 0.6) is 5.75 Å². The van der Waals surface area contributed by atoms with Gasteiger partial charge < -0.3 is 5.11 Å². The lowest BCUT2D eigenvalue weighted by atomic mass is 9.93. The van der Waals surface area contributed by atoms with Crippen molar-refractivity contribution in [2.45, 2.75) is 19.3 Å². The van der Waals surface area contributed by atoms with Gasteiger partial charge in [-0.25, -0.2) is 0 Å². The number of phenols is 1. The van der Waals surface area contributed by atoms with Crippen molar-refractivity contribution < 1.29 is 5.11 Å². The lowest BCUT2D eigenvalue weighted by molar-refractivity contribution is 0.474. The van der Waals surface area contributed by atoms with Gasteiger partial charge in [0, 0.05) is 11.8 Å². The third kappa shape index (κ3) is 3.27. The van der Waals surface area contributed by atoms with E-state index in [1.165, 1.54) is 11.1 Å². The zero-order chi connectivity index (χ0) is 13.0. The number of rotatable bonds is 4. The van der Waals surface area contributed by atoms with Gasteiger partial charge in [-0.1, -0.05) is 42.0 Å². The summed E-state index contributed by atoms with van der Waals surface area (Å²) in [6.07, 6.45) is 0.848. The fourth-order valence-corrected chi connectivity index (χ4v) is 2.36. The van der Waals surface area contributed by atoms with Crippen molar-refractivity contribution in [1.82, 2.24) is 0 Å². The number of aryl methyl sites for hydroxylation is 1. The average Bonchev–Trinajstić information content (AvgIpc) is 2.37. The van der Waals surface area contributed by atoms with Crippen LogP contribution in [-0.4, -0.2) is 11.0 Å². The lowest BCUT2D eigenvalue weighted by Gasteiger charge is -2.15. The molecule has 1 atom stereocenters. The maximum atomic E-state index is 9.47. The minimum atomic E-state index is 0.286. The molecule has 2 aromatic rings. The molecule has 1 unspecified atom stereocenters. The van der Waals surface area contributed by atoms with E-state index in [0.29, 0.717) is 11.6 Å². The summed E-state index contributed by atoms with van der Waals surface area (Å²) < 4.78 is 0. The number of halogens is 1. The number of hydrogen-bond donors (Lipinski definition) is 1. The normalized spacial score (nSPS) is 12.3. The Morgan fingerprint density at radius 1 is 1.11 bits per heavy atom. The third-order valence-corrected chi connectivity index (χ3v) is 3.50. The quantitative estimate of drug-likeness (QED) is 0.814. The molecule has 0 radical (unpaired) electrons. The zero-order valence-electron chi connectivity index (χ0n) is 10.4. The Morgan fingerprint density at radius 2 is 1.83 bits per heavy atom. The molecule has 1 N–H and O–H groups in total. The van der Waals surface area contributed by atoms with Crippen molar-refractivity contribution >= 4 is 11.6 Å². The highest BCUT2D eigenvalue weighted by Gasteiger charge is 2.11. The number of alkyl halides is 1. The van der Waals surface area contributed by atoms with Gasteiger partial charge in [-0.05, 0) is 36.6 Å². The first-order valence-corrected chi connectivity index (χ1v) is 6.63. The Bertz CT molecular complexity index is 505. The summed E-state index contributed by atoms with van der Waals surface area (Å²) >= 11 is 6.07. The Morgan fingerprint density at radius 3 is 2.44 bits per heavy atom.